The Balaban J connectivity index is 2.97. The summed E-state index contributed by atoms with van der Waals surface area (Å²) in [5.74, 6) is -0.0769. The summed E-state index contributed by atoms with van der Waals surface area (Å²) in [5, 5.41) is 0. The minimum atomic E-state index is -1.43. The first-order valence-corrected chi connectivity index (χ1v) is 22.0. The number of ether oxygens (including phenoxy) is 1. The molecule has 0 aromatic carbocycles. The Morgan fingerprint density at radius 3 is 1.62 bits per heavy atom. The van der Waals surface area contributed by atoms with Gasteiger partial charge in [0.2, 0.25) is 0 Å². The van der Waals surface area contributed by atoms with Crippen molar-refractivity contribution in [3.8, 4) is 0 Å². The number of hydrogen-bond acceptors (Lipinski definition) is 4. The molecule has 1 saturated heterocycles. The second kappa shape index (κ2) is 8.60. The Labute approximate surface area is 156 Å². The fraction of sp³-hybridized carbons (Fsp3) is 1.00. The van der Waals surface area contributed by atoms with E-state index in [1.807, 2.05) is 0 Å². The van der Waals surface area contributed by atoms with Crippen LogP contribution in [0, 0.1) is 0 Å². The van der Waals surface area contributed by atoms with E-state index in [0.717, 1.165) is 6.61 Å². The van der Waals surface area contributed by atoms with Crippen molar-refractivity contribution in [3.63, 3.8) is 0 Å². The van der Waals surface area contributed by atoms with Crippen molar-refractivity contribution < 1.29 is 4.74 Å². The van der Waals surface area contributed by atoms with Crippen molar-refractivity contribution in [3.05, 3.63) is 0 Å². The van der Waals surface area contributed by atoms with Gasteiger partial charge in [-0.3, -0.25) is 0 Å². The average Bonchev–Trinajstić information content (AvgIpc) is 2.31. The molecule has 4 nitrogen and oxygen atoms in total. The zero-order chi connectivity index (χ0) is 18.6. The van der Waals surface area contributed by atoms with Crippen molar-refractivity contribution in [2.24, 2.45) is 0 Å². The van der Waals surface area contributed by atoms with Crippen LogP contribution in [0.2, 0.25) is 65.0 Å². The Morgan fingerprint density at radius 2 is 1.29 bits per heavy atom. The van der Waals surface area contributed by atoms with Gasteiger partial charge >= 0.3 is 0 Å². The van der Waals surface area contributed by atoms with Crippen LogP contribution in [0.25, 0.3) is 0 Å². The zero-order valence-electron chi connectivity index (χ0n) is 17.7. The number of nitrogens with one attached hydrogen (secondary N) is 3. The van der Waals surface area contributed by atoms with E-state index in [2.05, 4.69) is 73.9 Å². The summed E-state index contributed by atoms with van der Waals surface area (Å²) in [7, 11) is -4.57. The van der Waals surface area contributed by atoms with Gasteiger partial charge in [-0.2, -0.15) is 0 Å². The summed E-state index contributed by atoms with van der Waals surface area (Å²) in [4.78, 5) is 12.3. The molecule has 0 aromatic rings. The molecule has 3 N–H and O–H groups in total. The van der Waals surface area contributed by atoms with Gasteiger partial charge in [0.15, 0.2) is 0 Å². The molecule has 1 aliphatic heterocycles. The van der Waals surface area contributed by atoms with Crippen LogP contribution in [0.5, 0.6) is 0 Å². The molecule has 1 atom stereocenters. The molecule has 0 amide bonds. The zero-order valence-corrected chi connectivity index (χ0v) is 22.1. The van der Waals surface area contributed by atoms with Gasteiger partial charge in [-0.15, -0.1) is 0 Å². The van der Waals surface area contributed by atoms with Gasteiger partial charge < -0.3 is 19.7 Å². The maximum Gasteiger partial charge on any atom is 0.119 e. The normalized spacial score (nSPS) is 21.6. The van der Waals surface area contributed by atoms with Crippen LogP contribution in [-0.2, 0) is 4.74 Å². The summed E-state index contributed by atoms with van der Waals surface area (Å²) in [6.45, 7) is 22.7. The first-order valence-electron chi connectivity index (χ1n) is 9.69. The minimum absolute atomic E-state index is 0.0769. The van der Waals surface area contributed by atoms with Crippen molar-refractivity contribution in [2.75, 3.05) is 6.61 Å². The average molecular weight is 406 g/mol. The van der Waals surface area contributed by atoms with Crippen molar-refractivity contribution in [1.82, 2.24) is 14.9 Å². The highest BCUT2D eigenvalue weighted by Gasteiger charge is 2.40. The van der Waals surface area contributed by atoms with E-state index in [1.54, 1.807) is 0 Å². The molecule has 1 fully saturated rings. The van der Waals surface area contributed by atoms with Gasteiger partial charge in [0, 0.05) is 12.3 Å². The highest BCUT2D eigenvalue weighted by Crippen LogP contribution is 2.19. The standard InChI is InChI=1S/C16H43N3OSi4/c1-22(2,3)17-16(18-23(4,5)6,19-24(7,8)9)14-21-15-12-10-11-13-20-15/h15,17-19H,10-14,21H2,1-9H3. The van der Waals surface area contributed by atoms with Gasteiger partial charge in [-0.05, 0) is 25.3 Å². The molecular weight excluding hydrogens is 363 g/mol. The molecule has 1 unspecified atom stereocenters. The Morgan fingerprint density at radius 1 is 0.833 bits per heavy atom. The predicted octanol–water partition coefficient (Wildman–Crippen LogP) is 3.03. The minimum Gasteiger partial charge on any atom is -0.382 e. The lowest BCUT2D eigenvalue weighted by molar-refractivity contribution is 0.0642. The summed E-state index contributed by atoms with van der Waals surface area (Å²) in [6.07, 6.45) is 3.90. The largest absolute Gasteiger partial charge is 0.382 e. The molecular formula is C16H43N3OSi4. The van der Waals surface area contributed by atoms with Crippen LogP contribution in [-0.4, -0.2) is 52.3 Å². The molecule has 0 radical (unpaired) electrons. The summed E-state index contributed by atoms with van der Waals surface area (Å²) >= 11 is 0. The van der Waals surface area contributed by atoms with Gasteiger partial charge in [-0.1, -0.05) is 58.9 Å². The van der Waals surface area contributed by atoms with Crippen LogP contribution >= 0.6 is 0 Å². The predicted molar refractivity (Wildman–Crippen MR) is 119 cm³/mol. The third-order valence-electron chi connectivity index (χ3n) is 3.88. The van der Waals surface area contributed by atoms with E-state index < -0.39 is 24.7 Å². The third kappa shape index (κ3) is 10.0. The molecule has 0 bridgehead atoms. The molecule has 8 heteroatoms. The van der Waals surface area contributed by atoms with Crippen molar-refractivity contribution >= 4 is 34.2 Å². The fourth-order valence-corrected chi connectivity index (χ4v) is 11.4. The highest BCUT2D eigenvalue weighted by atomic mass is 28.3. The third-order valence-corrected chi connectivity index (χ3v) is 9.74. The molecule has 1 heterocycles. The summed E-state index contributed by atoms with van der Waals surface area (Å²) in [6, 6.07) is 1.23. The Kier molecular flexibility index (Phi) is 8.15. The molecule has 0 saturated carbocycles. The molecule has 0 spiro atoms. The van der Waals surface area contributed by atoms with Gasteiger partial charge in [0.1, 0.15) is 30.5 Å². The lowest BCUT2D eigenvalue weighted by atomic mass is 10.2. The van der Waals surface area contributed by atoms with E-state index in [0.29, 0.717) is 5.73 Å². The number of hydrogen-bond donors (Lipinski definition) is 3. The maximum absolute atomic E-state index is 6.08. The molecule has 0 aromatic heterocycles. The molecule has 144 valence electrons. The van der Waals surface area contributed by atoms with E-state index >= 15 is 0 Å². The quantitative estimate of drug-likeness (QED) is 0.407. The van der Waals surface area contributed by atoms with Crippen molar-refractivity contribution in [1.29, 1.82) is 0 Å². The fourth-order valence-electron chi connectivity index (χ4n) is 3.61. The van der Waals surface area contributed by atoms with E-state index in [4.69, 9.17) is 4.74 Å². The highest BCUT2D eigenvalue weighted by molar-refractivity contribution is 6.77. The number of rotatable bonds is 9. The summed E-state index contributed by atoms with van der Waals surface area (Å²) in [5.41, 5.74) is 0.577. The summed E-state index contributed by atoms with van der Waals surface area (Å²) < 4.78 is 6.08. The second-order valence-corrected chi connectivity index (χ2v) is 26.8. The van der Waals surface area contributed by atoms with E-state index in [1.165, 1.54) is 25.3 Å². The van der Waals surface area contributed by atoms with E-state index in [9.17, 15) is 0 Å². The van der Waals surface area contributed by atoms with Gasteiger partial charge in [-0.25, -0.2) is 0 Å². The maximum atomic E-state index is 6.08. The Hall–Kier alpha value is 0.708. The Bertz CT molecular complexity index is 341. The van der Waals surface area contributed by atoms with Crippen LogP contribution in [0.3, 0.4) is 0 Å². The molecule has 1 rings (SSSR count). The van der Waals surface area contributed by atoms with Crippen molar-refractivity contribution in [2.45, 2.75) is 95.7 Å². The first-order chi connectivity index (χ1) is 10.7. The van der Waals surface area contributed by atoms with Gasteiger partial charge in [0.05, 0.1) is 9.52 Å². The van der Waals surface area contributed by atoms with Crippen LogP contribution in [0.4, 0.5) is 0 Å². The van der Waals surface area contributed by atoms with Gasteiger partial charge in [0.25, 0.3) is 0 Å². The second-order valence-electron chi connectivity index (χ2n) is 10.6. The lowest BCUT2D eigenvalue weighted by Crippen LogP contribution is -2.79. The lowest BCUT2D eigenvalue weighted by Gasteiger charge is -2.49. The molecule has 24 heavy (non-hydrogen) atoms. The molecule has 1 aliphatic rings. The topological polar surface area (TPSA) is 45.3 Å². The van der Waals surface area contributed by atoms with Crippen LogP contribution in [0.15, 0.2) is 0 Å². The van der Waals surface area contributed by atoms with Crippen LogP contribution < -0.4 is 14.9 Å². The van der Waals surface area contributed by atoms with Crippen LogP contribution in [0.1, 0.15) is 19.3 Å². The first kappa shape index (κ1) is 22.7. The van der Waals surface area contributed by atoms with E-state index in [-0.39, 0.29) is 15.3 Å². The SMILES string of the molecule is C[Si](C)(C)NC(C[SiH2]C1CCCCO1)(N[Si](C)(C)C)N[Si](C)(C)C. The monoisotopic (exact) mass is 405 g/mol. The smallest absolute Gasteiger partial charge is 0.119 e. The molecule has 0 aliphatic carbocycles.